The van der Waals surface area contributed by atoms with Gasteiger partial charge in [0.15, 0.2) is 0 Å². The summed E-state index contributed by atoms with van der Waals surface area (Å²) < 4.78 is 0. The first-order valence-electron chi connectivity index (χ1n) is 2.40. The zero-order valence-electron chi connectivity index (χ0n) is 5.58. The van der Waals surface area contributed by atoms with E-state index in [9.17, 15) is 0 Å². The van der Waals surface area contributed by atoms with Crippen LogP contribution in [0.25, 0.3) is 0 Å². The van der Waals surface area contributed by atoms with E-state index in [0.717, 1.165) is 5.82 Å². The molecule has 0 bridgehead atoms. The number of imidazole rings is 1. The van der Waals surface area contributed by atoms with E-state index in [2.05, 4.69) is 9.97 Å². The van der Waals surface area contributed by atoms with Crippen LogP contribution in [0, 0.1) is 22.2 Å². The first kappa shape index (κ1) is 12.8. The van der Waals surface area contributed by atoms with Crippen molar-refractivity contribution in [2.75, 3.05) is 0 Å². The van der Waals surface area contributed by atoms with E-state index < -0.39 is 5.09 Å². The van der Waals surface area contributed by atoms with Gasteiger partial charge in [-0.15, -0.1) is 0 Å². The molecule has 1 aromatic heterocycles. The van der Waals surface area contributed by atoms with Crippen molar-refractivity contribution in [1.29, 1.82) is 0 Å². The fraction of sp³-hybridized carbons (Fsp3) is 0.250. The average Bonchev–Trinajstić information content (AvgIpc) is 2.15. The Morgan fingerprint density at radius 1 is 1.64 bits per heavy atom. The molecule has 1 heterocycles. The van der Waals surface area contributed by atoms with Crippen LogP contribution in [0.3, 0.4) is 0 Å². The Kier molecular flexibility index (Phi) is 8.44. The van der Waals surface area contributed by atoms with Gasteiger partial charge in [-0.25, -0.2) is 4.98 Å². The molecule has 0 aliphatic heterocycles. The third kappa shape index (κ3) is 12.4. The van der Waals surface area contributed by atoms with E-state index in [0.29, 0.717) is 0 Å². The zero-order valence-corrected chi connectivity index (χ0v) is 7.06. The smallest absolute Gasteiger partial charge is 0.356 e. The van der Waals surface area contributed by atoms with Crippen LogP contribution in [-0.4, -0.2) is 15.1 Å². The molecule has 1 N–H and O–H groups in total. The van der Waals surface area contributed by atoms with Crippen LogP contribution in [0.2, 0.25) is 0 Å². The summed E-state index contributed by atoms with van der Waals surface area (Å²) in [7, 11) is 0. The van der Waals surface area contributed by atoms with Crippen LogP contribution in [-0.2, 0) is 22.4 Å². The Morgan fingerprint density at radius 2 is 2.09 bits per heavy atom. The van der Waals surface area contributed by atoms with Crippen LogP contribution in [0.1, 0.15) is 5.82 Å². The molecular formula is C4H6AgN3O3. The molecule has 0 saturated carbocycles. The molecule has 66 valence electrons. The summed E-state index contributed by atoms with van der Waals surface area (Å²) in [6.45, 7) is 1.92. The van der Waals surface area contributed by atoms with Crippen molar-refractivity contribution in [1.82, 2.24) is 9.97 Å². The second-order valence-electron chi connectivity index (χ2n) is 1.40. The number of aromatic amines is 1. The Balaban J connectivity index is 0. The third-order valence-corrected chi connectivity index (χ3v) is 0.635. The third-order valence-electron chi connectivity index (χ3n) is 0.635. The van der Waals surface area contributed by atoms with Crippen molar-refractivity contribution < 1.29 is 27.5 Å². The predicted molar refractivity (Wildman–Crippen MR) is 33.7 cm³/mol. The van der Waals surface area contributed by atoms with Gasteiger partial charge in [-0.3, -0.25) is 0 Å². The van der Waals surface area contributed by atoms with Crippen LogP contribution in [0.15, 0.2) is 12.4 Å². The Morgan fingerprint density at radius 3 is 2.18 bits per heavy atom. The SMILES string of the molecule is Cc1ncc[nH]1.O=[N+]([O-])[O-].[Ag+]. The van der Waals surface area contributed by atoms with Crippen molar-refractivity contribution >= 4 is 0 Å². The summed E-state index contributed by atoms with van der Waals surface area (Å²) in [6.07, 6.45) is 3.53. The summed E-state index contributed by atoms with van der Waals surface area (Å²) in [5.41, 5.74) is 0. The van der Waals surface area contributed by atoms with Gasteiger partial charge in [0.25, 0.3) is 0 Å². The van der Waals surface area contributed by atoms with E-state index >= 15 is 0 Å². The molecule has 0 fully saturated rings. The second kappa shape index (κ2) is 7.26. The molecule has 6 nitrogen and oxygen atoms in total. The summed E-state index contributed by atoms with van der Waals surface area (Å²) in [6, 6.07) is 0. The van der Waals surface area contributed by atoms with Crippen molar-refractivity contribution in [3.8, 4) is 0 Å². The number of nitrogens with one attached hydrogen (secondary N) is 1. The van der Waals surface area contributed by atoms with Crippen molar-refractivity contribution in [3.05, 3.63) is 33.5 Å². The van der Waals surface area contributed by atoms with Gasteiger partial charge in [-0.05, 0) is 6.92 Å². The molecule has 0 saturated heterocycles. The van der Waals surface area contributed by atoms with E-state index in [1.807, 2.05) is 6.92 Å². The van der Waals surface area contributed by atoms with Gasteiger partial charge in [-0.2, -0.15) is 0 Å². The monoisotopic (exact) mass is 251 g/mol. The van der Waals surface area contributed by atoms with Crippen LogP contribution in [0.5, 0.6) is 0 Å². The molecule has 0 atom stereocenters. The number of rotatable bonds is 0. The molecular weight excluding hydrogens is 246 g/mol. The van der Waals surface area contributed by atoms with Gasteiger partial charge in [0.05, 0.1) is 5.09 Å². The summed E-state index contributed by atoms with van der Waals surface area (Å²) in [4.78, 5) is 15.0. The first-order chi connectivity index (χ1) is 4.63. The van der Waals surface area contributed by atoms with Gasteiger partial charge in [-0.1, -0.05) is 0 Å². The van der Waals surface area contributed by atoms with Gasteiger partial charge in [0.2, 0.25) is 0 Å². The van der Waals surface area contributed by atoms with Crippen LogP contribution >= 0.6 is 0 Å². The van der Waals surface area contributed by atoms with E-state index in [1.54, 1.807) is 12.4 Å². The van der Waals surface area contributed by atoms with Gasteiger partial charge < -0.3 is 20.3 Å². The first-order valence-corrected chi connectivity index (χ1v) is 2.40. The molecule has 0 unspecified atom stereocenters. The van der Waals surface area contributed by atoms with Crippen molar-refractivity contribution in [3.63, 3.8) is 0 Å². The molecule has 0 aliphatic rings. The van der Waals surface area contributed by atoms with Gasteiger partial charge in [0.1, 0.15) is 5.82 Å². The number of aromatic nitrogens is 2. The number of nitrogens with zero attached hydrogens (tertiary/aromatic N) is 2. The summed E-state index contributed by atoms with van der Waals surface area (Å²) in [5.74, 6) is 0.968. The van der Waals surface area contributed by atoms with Gasteiger partial charge >= 0.3 is 22.4 Å². The Hall–Kier alpha value is -0.850. The number of H-pyrrole nitrogens is 1. The second-order valence-corrected chi connectivity index (χ2v) is 1.40. The van der Waals surface area contributed by atoms with Gasteiger partial charge in [0, 0.05) is 12.4 Å². The zero-order chi connectivity index (χ0) is 7.98. The number of hydrogen-bond donors (Lipinski definition) is 1. The molecule has 0 aliphatic carbocycles. The average molecular weight is 252 g/mol. The molecule has 0 radical (unpaired) electrons. The minimum atomic E-state index is -1.75. The fourth-order valence-corrected chi connectivity index (χ4v) is 0.344. The maximum absolute atomic E-state index is 8.25. The molecule has 7 heteroatoms. The molecule has 0 aromatic carbocycles. The molecule has 1 aromatic rings. The van der Waals surface area contributed by atoms with Crippen molar-refractivity contribution in [2.45, 2.75) is 6.92 Å². The maximum atomic E-state index is 8.25. The van der Waals surface area contributed by atoms with Crippen LogP contribution in [0.4, 0.5) is 0 Å². The van der Waals surface area contributed by atoms with Crippen LogP contribution < -0.4 is 0 Å². The fourth-order valence-electron chi connectivity index (χ4n) is 0.344. The Bertz CT molecular complexity index is 184. The van der Waals surface area contributed by atoms with Crippen molar-refractivity contribution in [2.24, 2.45) is 0 Å². The van der Waals surface area contributed by atoms with E-state index in [4.69, 9.17) is 15.3 Å². The van der Waals surface area contributed by atoms with E-state index in [-0.39, 0.29) is 22.4 Å². The topological polar surface area (TPSA) is 94.9 Å². The van der Waals surface area contributed by atoms with E-state index in [1.165, 1.54) is 0 Å². The predicted octanol–water partition coefficient (Wildman–Crippen LogP) is 0.477. The minimum absolute atomic E-state index is 0. The summed E-state index contributed by atoms with van der Waals surface area (Å²) >= 11 is 0. The number of aryl methyl sites for hydroxylation is 1. The normalized spacial score (nSPS) is 7.00. The molecule has 11 heavy (non-hydrogen) atoms. The Labute approximate surface area is 78.3 Å². The molecule has 0 spiro atoms. The molecule has 0 amide bonds. The summed E-state index contributed by atoms with van der Waals surface area (Å²) in [5, 5.41) is 14.8. The quantitative estimate of drug-likeness (QED) is 0.412. The minimum Gasteiger partial charge on any atom is -0.356 e. The molecule has 1 rings (SSSR count). The maximum Gasteiger partial charge on any atom is 1.00 e. The standard InChI is InChI=1S/C4H6N2.Ag.NO3/c1-4-5-2-3-6-4;;2-1(3)4/h2-3H,1H3,(H,5,6);;/q;+1;-1. The largest absolute Gasteiger partial charge is 1.00 e. The number of hydrogen-bond acceptors (Lipinski definition) is 4.